The van der Waals surface area contributed by atoms with Crippen molar-refractivity contribution in [2.24, 2.45) is 5.92 Å². The lowest BCUT2D eigenvalue weighted by Gasteiger charge is -2.46. The monoisotopic (exact) mass is 432 g/mol. The zero-order chi connectivity index (χ0) is 22.2. The molecular weight excluding hydrogens is 404 g/mol. The largest absolute Gasteiger partial charge is 0.466 e. The smallest absolute Gasteiger partial charge is 0.309 e. The lowest BCUT2D eigenvalue weighted by atomic mass is 9.75. The Morgan fingerprint density at radius 1 is 0.969 bits per heavy atom. The molecule has 6 nitrogen and oxygen atoms in total. The fourth-order valence-corrected chi connectivity index (χ4v) is 5.53. The molecule has 1 saturated heterocycles. The van der Waals surface area contributed by atoms with Gasteiger partial charge in [-0.05, 0) is 48.9 Å². The van der Waals surface area contributed by atoms with E-state index in [0.29, 0.717) is 44.6 Å². The number of carbonyl (C=O) groups excluding carboxylic acids is 3. The number of nitrogens with zero attached hydrogens (tertiary/aromatic N) is 2. The summed E-state index contributed by atoms with van der Waals surface area (Å²) in [5.41, 5.74) is 3.72. The van der Waals surface area contributed by atoms with E-state index in [2.05, 4.69) is 12.1 Å². The lowest BCUT2D eigenvalue weighted by molar-refractivity contribution is -0.151. The topological polar surface area (TPSA) is 66.9 Å². The molecule has 2 aromatic carbocycles. The van der Waals surface area contributed by atoms with Crippen molar-refractivity contribution < 1.29 is 19.1 Å². The highest BCUT2D eigenvalue weighted by Crippen LogP contribution is 2.46. The molecule has 0 spiro atoms. The molecule has 32 heavy (non-hydrogen) atoms. The summed E-state index contributed by atoms with van der Waals surface area (Å²) in [5, 5.41) is 0. The summed E-state index contributed by atoms with van der Waals surface area (Å²) in [5.74, 6) is -0.708. The van der Waals surface area contributed by atoms with Gasteiger partial charge in [0.15, 0.2) is 0 Å². The van der Waals surface area contributed by atoms with Gasteiger partial charge in [0, 0.05) is 25.2 Å². The highest BCUT2D eigenvalue weighted by atomic mass is 16.5. The van der Waals surface area contributed by atoms with Gasteiger partial charge in [0.2, 0.25) is 5.91 Å². The molecule has 5 rings (SSSR count). The van der Waals surface area contributed by atoms with Crippen LogP contribution in [0.3, 0.4) is 0 Å². The van der Waals surface area contributed by atoms with Crippen LogP contribution in [-0.2, 0) is 20.7 Å². The molecule has 0 bridgehead atoms. The van der Waals surface area contributed by atoms with Crippen LogP contribution < -0.4 is 0 Å². The van der Waals surface area contributed by atoms with E-state index in [9.17, 15) is 14.4 Å². The lowest BCUT2D eigenvalue weighted by Crippen LogP contribution is -2.52. The quantitative estimate of drug-likeness (QED) is 0.698. The van der Waals surface area contributed by atoms with Gasteiger partial charge in [-0.1, -0.05) is 42.5 Å². The van der Waals surface area contributed by atoms with E-state index in [1.165, 1.54) is 5.56 Å². The zero-order valence-electron chi connectivity index (χ0n) is 18.3. The average Bonchev–Trinajstić information content (AvgIpc) is 2.84. The summed E-state index contributed by atoms with van der Waals surface area (Å²) >= 11 is 0. The van der Waals surface area contributed by atoms with E-state index in [-0.39, 0.29) is 29.7 Å². The summed E-state index contributed by atoms with van der Waals surface area (Å²) in [6.45, 7) is 3.87. The third-order valence-electron chi connectivity index (χ3n) is 7.13. The molecule has 6 heteroatoms. The van der Waals surface area contributed by atoms with Crippen LogP contribution in [0.5, 0.6) is 0 Å². The number of hydrogen-bond donors (Lipinski definition) is 0. The molecule has 0 aliphatic carbocycles. The normalized spacial score (nSPS) is 22.6. The van der Waals surface area contributed by atoms with Crippen LogP contribution in [-0.4, -0.2) is 53.8 Å². The highest BCUT2D eigenvalue weighted by Gasteiger charge is 2.47. The van der Waals surface area contributed by atoms with Crippen molar-refractivity contribution in [3.63, 3.8) is 0 Å². The fourth-order valence-electron chi connectivity index (χ4n) is 5.53. The van der Waals surface area contributed by atoms with Crippen LogP contribution in [0.15, 0.2) is 48.5 Å². The van der Waals surface area contributed by atoms with E-state index < -0.39 is 5.92 Å². The van der Waals surface area contributed by atoms with Crippen molar-refractivity contribution in [1.29, 1.82) is 0 Å². The van der Waals surface area contributed by atoms with Crippen molar-refractivity contribution in [2.45, 2.75) is 38.1 Å². The number of fused-ring (bicyclic) bond motifs is 4. The van der Waals surface area contributed by atoms with E-state index in [0.717, 1.165) is 17.5 Å². The van der Waals surface area contributed by atoms with E-state index in [1.54, 1.807) is 0 Å². The maximum absolute atomic E-state index is 14.0. The van der Waals surface area contributed by atoms with E-state index >= 15 is 0 Å². The second-order valence-corrected chi connectivity index (χ2v) is 8.81. The molecule has 0 saturated carbocycles. The number of esters is 1. The average molecular weight is 433 g/mol. The number of piperidine rings is 1. The Labute approximate surface area is 188 Å². The molecule has 3 heterocycles. The second kappa shape index (κ2) is 8.41. The minimum Gasteiger partial charge on any atom is -0.466 e. The third-order valence-corrected chi connectivity index (χ3v) is 7.13. The van der Waals surface area contributed by atoms with E-state index in [4.69, 9.17) is 4.74 Å². The van der Waals surface area contributed by atoms with Gasteiger partial charge in [0.25, 0.3) is 5.91 Å². The Bertz CT molecular complexity index is 1060. The summed E-state index contributed by atoms with van der Waals surface area (Å²) in [6.07, 6.45) is 2.03. The number of likely N-dealkylation sites (tertiary alicyclic amines) is 1. The Morgan fingerprint density at radius 3 is 2.41 bits per heavy atom. The number of benzene rings is 2. The number of rotatable bonds is 3. The van der Waals surface area contributed by atoms with Crippen LogP contribution in [0.25, 0.3) is 0 Å². The maximum Gasteiger partial charge on any atom is 0.309 e. The fraction of sp³-hybridized carbons (Fsp3) is 0.423. The van der Waals surface area contributed by atoms with Gasteiger partial charge in [-0.15, -0.1) is 0 Å². The molecular formula is C26H28N2O4. The van der Waals surface area contributed by atoms with Gasteiger partial charge >= 0.3 is 5.97 Å². The molecule has 3 aliphatic heterocycles. The van der Waals surface area contributed by atoms with Crippen LogP contribution in [0.4, 0.5) is 0 Å². The first-order valence-corrected chi connectivity index (χ1v) is 11.5. The molecule has 0 radical (unpaired) electrons. The molecule has 2 atom stereocenters. The third kappa shape index (κ3) is 3.38. The van der Waals surface area contributed by atoms with Crippen molar-refractivity contribution in [3.05, 3.63) is 70.8 Å². The van der Waals surface area contributed by atoms with Crippen LogP contribution in [0.1, 0.15) is 58.8 Å². The van der Waals surface area contributed by atoms with Gasteiger partial charge in [-0.3, -0.25) is 14.4 Å². The molecule has 0 N–H and O–H groups in total. The summed E-state index contributed by atoms with van der Waals surface area (Å²) in [7, 11) is 0. The number of carbonyl (C=O) groups is 3. The first-order valence-electron chi connectivity index (χ1n) is 11.5. The van der Waals surface area contributed by atoms with Gasteiger partial charge in [0.1, 0.15) is 0 Å². The zero-order valence-corrected chi connectivity index (χ0v) is 18.3. The number of amides is 2. The molecule has 0 aromatic heterocycles. The van der Waals surface area contributed by atoms with Crippen LogP contribution in [0, 0.1) is 5.92 Å². The van der Waals surface area contributed by atoms with Crippen LogP contribution >= 0.6 is 0 Å². The van der Waals surface area contributed by atoms with Gasteiger partial charge in [-0.25, -0.2) is 0 Å². The van der Waals surface area contributed by atoms with E-state index in [1.807, 2.05) is 53.1 Å². The predicted molar refractivity (Wildman–Crippen MR) is 119 cm³/mol. The molecule has 2 aromatic rings. The predicted octanol–water partition coefficient (Wildman–Crippen LogP) is 3.33. The van der Waals surface area contributed by atoms with Crippen LogP contribution in [0.2, 0.25) is 0 Å². The Kier molecular flexibility index (Phi) is 5.45. The van der Waals surface area contributed by atoms with Gasteiger partial charge < -0.3 is 14.5 Å². The number of hydrogen-bond acceptors (Lipinski definition) is 4. The number of ether oxygens (including phenoxy) is 1. The van der Waals surface area contributed by atoms with Gasteiger partial charge in [0.05, 0.1) is 24.5 Å². The Balaban J connectivity index is 1.49. The summed E-state index contributed by atoms with van der Waals surface area (Å²) < 4.78 is 5.17. The minimum atomic E-state index is -0.440. The first-order chi connectivity index (χ1) is 15.6. The molecule has 1 fully saturated rings. The van der Waals surface area contributed by atoms with Gasteiger partial charge in [-0.2, -0.15) is 0 Å². The standard InChI is InChI=1S/C26H28N2O4/c1-2-32-26(31)18-11-14-27(15-12-18)25(30)22-20-9-5-6-10-21(20)24(29)28-16-13-17-7-3-4-8-19(17)23(22)28/h3-10,18,22-23H,2,11-16H2,1H3/t22-,23-/m0/s1. The molecule has 166 valence electrons. The highest BCUT2D eigenvalue weighted by molar-refractivity contribution is 6.01. The van der Waals surface area contributed by atoms with Crippen molar-refractivity contribution >= 4 is 17.8 Å². The second-order valence-electron chi connectivity index (χ2n) is 8.81. The van der Waals surface area contributed by atoms with Crippen molar-refractivity contribution in [1.82, 2.24) is 9.80 Å². The maximum atomic E-state index is 14.0. The molecule has 2 amide bonds. The SMILES string of the molecule is CCOC(=O)C1CCN(C(=O)[C@H]2c3ccccc3C(=O)N3CCc4ccccc4[C@@H]23)CC1. The van der Waals surface area contributed by atoms with Crippen molar-refractivity contribution in [3.8, 4) is 0 Å². The summed E-state index contributed by atoms with van der Waals surface area (Å²) in [6, 6.07) is 15.4. The summed E-state index contributed by atoms with van der Waals surface area (Å²) in [4.78, 5) is 43.2. The van der Waals surface area contributed by atoms with Crippen molar-refractivity contribution in [2.75, 3.05) is 26.2 Å². The first kappa shape index (κ1) is 20.7. The molecule has 0 unspecified atom stereocenters. The Morgan fingerprint density at radius 2 is 1.66 bits per heavy atom. The molecule has 3 aliphatic rings. The minimum absolute atomic E-state index is 0.00479. The Hall–Kier alpha value is -3.15.